The van der Waals surface area contributed by atoms with Crippen molar-refractivity contribution in [3.63, 3.8) is 0 Å². The topological polar surface area (TPSA) is 106 Å². The second kappa shape index (κ2) is 4.87. The fourth-order valence-electron chi connectivity index (χ4n) is 1.04. The lowest BCUT2D eigenvalue weighted by molar-refractivity contribution is -0.137. The number of anilines is 2. The SMILES string of the molecule is NNc1cc(C(F)(F)F)cc(NCC(N)=O)n1. The van der Waals surface area contributed by atoms with Gasteiger partial charge in [-0.1, -0.05) is 0 Å². The molecule has 0 atom stereocenters. The first-order valence-electron chi connectivity index (χ1n) is 4.41. The zero-order chi connectivity index (χ0) is 13.1. The van der Waals surface area contributed by atoms with Crippen LogP contribution in [0.4, 0.5) is 24.8 Å². The number of hydrazine groups is 1. The monoisotopic (exact) mass is 249 g/mol. The maximum Gasteiger partial charge on any atom is 0.416 e. The number of nitrogens with two attached hydrogens (primary N) is 2. The van der Waals surface area contributed by atoms with Crippen molar-refractivity contribution < 1.29 is 18.0 Å². The van der Waals surface area contributed by atoms with E-state index < -0.39 is 17.6 Å². The lowest BCUT2D eigenvalue weighted by atomic mass is 10.2. The van der Waals surface area contributed by atoms with Crippen LogP contribution in [-0.2, 0) is 11.0 Å². The number of hydrogen-bond acceptors (Lipinski definition) is 5. The summed E-state index contributed by atoms with van der Waals surface area (Å²) >= 11 is 0. The number of amides is 1. The number of halogens is 3. The fourth-order valence-corrected chi connectivity index (χ4v) is 1.04. The van der Waals surface area contributed by atoms with Crippen LogP contribution in [0.3, 0.4) is 0 Å². The molecule has 0 saturated heterocycles. The molecule has 17 heavy (non-hydrogen) atoms. The van der Waals surface area contributed by atoms with Gasteiger partial charge in [0.1, 0.15) is 11.6 Å². The average Bonchev–Trinajstić information content (AvgIpc) is 2.24. The van der Waals surface area contributed by atoms with Crippen LogP contribution in [0.15, 0.2) is 12.1 Å². The van der Waals surface area contributed by atoms with Crippen LogP contribution >= 0.6 is 0 Å². The van der Waals surface area contributed by atoms with Gasteiger partial charge in [-0.25, -0.2) is 10.8 Å². The molecule has 1 amide bonds. The first-order valence-corrected chi connectivity index (χ1v) is 4.41. The van der Waals surface area contributed by atoms with Gasteiger partial charge in [0.15, 0.2) is 0 Å². The Bertz CT molecular complexity index is 420. The molecule has 9 heteroatoms. The van der Waals surface area contributed by atoms with E-state index in [0.717, 1.165) is 12.1 Å². The Morgan fingerprint density at radius 3 is 2.41 bits per heavy atom. The van der Waals surface area contributed by atoms with Crippen molar-refractivity contribution in [3.05, 3.63) is 17.7 Å². The van der Waals surface area contributed by atoms with Crippen molar-refractivity contribution in [2.45, 2.75) is 6.18 Å². The molecule has 0 unspecified atom stereocenters. The van der Waals surface area contributed by atoms with E-state index in [9.17, 15) is 18.0 Å². The summed E-state index contributed by atoms with van der Waals surface area (Å²) in [5.74, 6) is 3.95. The Kier molecular flexibility index (Phi) is 3.73. The summed E-state index contributed by atoms with van der Waals surface area (Å²) in [5, 5.41) is 2.35. The third kappa shape index (κ3) is 3.79. The Hall–Kier alpha value is -2.03. The number of aromatic nitrogens is 1. The van der Waals surface area contributed by atoms with Gasteiger partial charge in [0.2, 0.25) is 5.91 Å². The quantitative estimate of drug-likeness (QED) is 0.453. The number of rotatable bonds is 4. The van der Waals surface area contributed by atoms with Gasteiger partial charge in [0, 0.05) is 0 Å². The van der Waals surface area contributed by atoms with Gasteiger partial charge < -0.3 is 16.5 Å². The molecule has 6 nitrogen and oxygen atoms in total. The van der Waals surface area contributed by atoms with E-state index >= 15 is 0 Å². The van der Waals surface area contributed by atoms with Gasteiger partial charge in [-0.05, 0) is 12.1 Å². The first kappa shape index (κ1) is 13.0. The molecule has 0 bridgehead atoms. The summed E-state index contributed by atoms with van der Waals surface area (Å²) in [4.78, 5) is 14.2. The molecule has 0 fully saturated rings. The summed E-state index contributed by atoms with van der Waals surface area (Å²) in [7, 11) is 0. The minimum atomic E-state index is -4.53. The molecule has 0 radical (unpaired) electrons. The Labute approximate surface area is 94.2 Å². The van der Waals surface area contributed by atoms with Crippen LogP contribution in [0.25, 0.3) is 0 Å². The van der Waals surface area contributed by atoms with Crippen LogP contribution in [0.2, 0.25) is 0 Å². The van der Waals surface area contributed by atoms with Crippen LogP contribution in [0, 0.1) is 0 Å². The number of nitrogen functional groups attached to an aromatic ring is 1. The van der Waals surface area contributed by atoms with Gasteiger partial charge in [0.05, 0.1) is 12.1 Å². The highest BCUT2D eigenvalue weighted by Crippen LogP contribution is 2.31. The number of pyridine rings is 1. The normalized spacial score (nSPS) is 11.1. The molecule has 0 aliphatic carbocycles. The number of primary amides is 1. The summed E-state index contributed by atoms with van der Waals surface area (Å²) in [6.45, 7) is -0.321. The van der Waals surface area contributed by atoms with Gasteiger partial charge in [-0.3, -0.25) is 4.79 Å². The van der Waals surface area contributed by atoms with Crippen LogP contribution < -0.4 is 22.3 Å². The number of nitrogens with one attached hydrogen (secondary N) is 2. The first-order chi connectivity index (χ1) is 7.82. The molecule has 6 N–H and O–H groups in total. The van der Waals surface area contributed by atoms with Crippen LogP contribution in [0.5, 0.6) is 0 Å². The predicted molar refractivity (Wildman–Crippen MR) is 54.7 cm³/mol. The molecule has 0 saturated carbocycles. The highest BCUT2D eigenvalue weighted by molar-refractivity contribution is 5.78. The van der Waals surface area contributed by atoms with Gasteiger partial charge in [-0.2, -0.15) is 13.2 Å². The lowest BCUT2D eigenvalue weighted by Crippen LogP contribution is -2.23. The smallest absolute Gasteiger partial charge is 0.368 e. The predicted octanol–water partition coefficient (Wildman–Crippen LogP) is 0.283. The molecule has 94 valence electrons. The molecule has 1 aromatic rings. The molecule has 0 spiro atoms. The van der Waals surface area contributed by atoms with Crippen molar-refractivity contribution in [3.8, 4) is 0 Å². The van der Waals surface area contributed by atoms with E-state index in [2.05, 4.69) is 10.3 Å². The van der Waals surface area contributed by atoms with Gasteiger partial charge in [-0.15, -0.1) is 0 Å². The lowest BCUT2D eigenvalue weighted by Gasteiger charge is -2.11. The molecule has 1 rings (SSSR count). The fraction of sp³-hybridized carbons (Fsp3) is 0.250. The second-order valence-corrected chi connectivity index (χ2v) is 3.09. The number of carbonyl (C=O) groups is 1. The average molecular weight is 249 g/mol. The second-order valence-electron chi connectivity index (χ2n) is 3.09. The Morgan fingerprint density at radius 2 is 1.94 bits per heavy atom. The number of carbonyl (C=O) groups excluding carboxylic acids is 1. The number of hydrogen-bond donors (Lipinski definition) is 4. The Morgan fingerprint density at radius 1 is 1.35 bits per heavy atom. The molecule has 1 aromatic heterocycles. The zero-order valence-corrected chi connectivity index (χ0v) is 8.51. The van der Waals surface area contributed by atoms with Crippen LogP contribution in [-0.4, -0.2) is 17.4 Å². The van der Waals surface area contributed by atoms with Crippen molar-refractivity contribution in [1.29, 1.82) is 0 Å². The number of alkyl halides is 3. The highest BCUT2D eigenvalue weighted by atomic mass is 19.4. The minimum Gasteiger partial charge on any atom is -0.368 e. The zero-order valence-electron chi connectivity index (χ0n) is 8.51. The largest absolute Gasteiger partial charge is 0.416 e. The molecule has 1 heterocycles. The molecule has 0 aromatic carbocycles. The van der Waals surface area contributed by atoms with E-state index in [1.165, 1.54) is 0 Å². The van der Waals surface area contributed by atoms with Crippen molar-refractivity contribution in [1.82, 2.24) is 4.98 Å². The van der Waals surface area contributed by atoms with E-state index in [0.29, 0.717) is 0 Å². The van der Waals surface area contributed by atoms with E-state index in [1.807, 2.05) is 5.43 Å². The van der Waals surface area contributed by atoms with Crippen molar-refractivity contribution in [2.75, 3.05) is 17.3 Å². The standard InChI is InChI=1S/C8H10F3N5O/c9-8(10,11)4-1-6(14-3-5(12)17)15-7(2-4)16-13/h1-2H,3,13H2,(H2,12,17)(H2,14,15,16). The Balaban J connectivity index is 3.01. The molecule has 0 aliphatic rings. The van der Waals surface area contributed by atoms with Gasteiger partial charge in [0.25, 0.3) is 0 Å². The van der Waals surface area contributed by atoms with E-state index in [-0.39, 0.29) is 18.2 Å². The molecular formula is C8H10F3N5O. The maximum atomic E-state index is 12.5. The maximum absolute atomic E-state index is 12.5. The molecule has 0 aliphatic heterocycles. The van der Waals surface area contributed by atoms with Crippen LogP contribution in [0.1, 0.15) is 5.56 Å². The molecular weight excluding hydrogens is 239 g/mol. The summed E-state index contributed by atoms with van der Waals surface area (Å²) in [5.41, 5.74) is 5.91. The summed E-state index contributed by atoms with van der Waals surface area (Å²) in [6, 6.07) is 1.50. The summed E-state index contributed by atoms with van der Waals surface area (Å²) in [6.07, 6.45) is -4.53. The third-order valence-electron chi connectivity index (χ3n) is 1.74. The van der Waals surface area contributed by atoms with Gasteiger partial charge >= 0.3 is 6.18 Å². The van der Waals surface area contributed by atoms with E-state index in [1.54, 1.807) is 0 Å². The van der Waals surface area contributed by atoms with Crippen molar-refractivity contribution in [2.24, 2.45) is 11.6 Å². The highest BCUT2D eigenvalue weighted by Gasteiger charge is 2.31. The third-order valence-corrected chi connectivity index (χ3v) is 1.74. The van der Waals surface area contributed by atoms with Crippen molar-refractivity contribution >= 4 is 17.5 Å². The van der Waals surface area contributed by atoms with E-state index in [4.69, 9.17) is 11.6 Å². The number of nitrogens with zero attached hydrogens (tertiary/aromatic N) is 1. The summed E-state index contributed by atoms with van der Waals surface area (Å²) < 4.78 is 37.4. The minimum absolute atomic E-state index is 0.147.